The van der Waals surface area contributed by atoms with Gasteiger partial charge in [-0.2, -0.15) is 10.1 Å². The van der Waals surface area contributed by atoms with Crippen LogP contribution in [0.3, 0.4) is 0 Å². The van der Waals surface area contributed by atoms with Crippen molar-refractivity contribution in [1.82, 2.24) is 20.2 Å². The highest BCUT2D eigenvalue weighted by Gasteiger charge is 2.09. The van der Waals surface area contributed by atoms with Gasteiger partial charge in [-0.25, -0.2) is 0 Å². The molecule has 0 radical (unpaired) electrons. The van der Waals surface area contributed by atoms with Crippen LogP contribution < -0.4 is 11.3 Å². The van der Waals surface area contributed by atoms with E-state index in [2.05, 4.69) is 32.0 Å². The van der Waals surface area contributed by atoms with Crippen LogP contribution in [0, 0.1) is 11.8 Å². The zero-order valence-electron chi connectivity index (χ0n) is 8.24. The lowest BCUT2D eigenvalue weighted by molar-refractivity contribution is 0.305. The van der Waals surface area contributed by atoms with Gasteiger partial charge in [0.05, 0.1) is 6.61 Å². The summed E-state index contributed by atoms with van der Waals surface area (Å²) in [4.78, 5) is 17.8. The third-order valence-electron chi connectivity index (χ3n) is 1.89. The molecule has 2 heterocycles. The Labute approximate surface area is 89.7 Å². The first-order valence-corrected chi connectivity index (χ1v) is 4.56. The summed E-state index contributed by atoms with van der Waals surface area (Å²) in [7, 11) is 0. The van der Waals surface area contributed by atoms with Gasteiger partial charge in [-0.05, 0) is 5.92 Å². The number of anilines is 1. The third-order valence-corrected chi connectivity index (χ3v) is 1.89. The maximum Gasteiger partial charge on any atom is 0.264 e. The second kappa shape index (κ2) is 4.04. The first-order valence-electron chi connectivity index (χ1n) is 4.56. The Kier molecular flexibility index (Phi) is 2.57. The quantitative estimate of drug-likeness (QED) is 0.456. The number of hydrogen-bond acceptors (Lipinski definition) is 5. The first-order chi connectivity index (χ1) is 7.72. The van der Waals surface area contributed by atoms with Gasteiger partial charge in [-0.1, -0.05) is 5.92 Å². The molecule has 2 aromatic heterocycles. The Bertz CT molecular complexity index is 631. The molecule has 0 fully saturated rings. The van der Waals surface area contributed by atoms with E-state index in [1.54, 1.807) is 0 Å². The van der Waals surface area contributed by atoms with Gasteiger partial charge >= 0.3 is 0 Å². The number of nitrogens with zero attached hydrogens (tertiary/aromatic N) is 2. The van der Waals surface area contributed by atoms with Crippen LogP contribution in [0.25, 0.3) is 11.0 Å². The number of hydrogen-bond donors (Lipinski definition) is 4. The molecule has 82 valence electrons. The number of H-pyrrole nitrogens is 2. The molecule has 7 nitrogen and oxygen atoms in total. The standard InChI is InChI=1S/C9H9N5O2/c10-9-11-7-6(8(16)12-9)5(13-14-7)3-1-2-4-15/h15H,2,4H2,(H4,10,11,12,13,14,16). The molecule has 0 saturated heterocycles. The second-order valence-electron chi connectivity index (χ2n) is 3.02. The summed E-state index contributed by atoms with van der Waals surface area (Å²) >= 11 is 0. The van der Waals surface area contributed by atoms with Crippen LogP contribution in [0.2, 0.25) is 0 Å². The van der Waals surface area contributed by atoms with Crippen molar-refractivity contribution in [2.45, 2.75) is 6.42 Å². The molecule has 0 aromatic carbocycles. The fraction of sp³-hybridized carbons (Fsp3) is 0.222. The van der Waals surface area contributed by atoms with E-state index in [0.29, 0.717) is 17.8 Å². The molecule has 0 aliphatic carbocycles. The molecule has 0 aliphatic rings. The van der Waals surface area contributed by atoms with Gasteiger partial charge in [-0.3, -0.25) is 14.9 Å². The number of nitrogens with one attached hydrogen (secondary N) is 2. The number of nitrogen functional groups attached to an aromatic ring is 1. The van der Waals surface area contributed by atoms with Gasteiger partial charge in [0.2, 0.25) is 5.95 Å². The molecule has 0 amide bonds. The number of nitrogens with two attached hydrogens (primary N) is 1. The fourth-order valence-corrected chi connectivity index (χ4v) is 1.25. The van der Waals surface area contributed by atoms with Crippen LogP contribution in [0.5, 0.6) is 0 Å². The smallest absolute Gasteiger partial charge is 0.264 e. The largest absolute Gasteiger partial charge is 0.395 e. The van der Waals surface area contributed by atoms with E-state index in [0.717, 1.165) is 0 Å². The Morgan fingerprint density at radius 3 is 3.06 bits per heavy atom. The molecule has 7 heteroatoms. The lowest BCUT2D eigenvalue weighted by Crippen LogP contribution is -2.11. The van der Waals surface area contributed by atoms with Crippen molar-refractivity contribution in [1.29, 1.82) is 0 Å². The summed E-state index contributed by atoms with van der Waals surface area (Å²) in [5.41, 5.74) is 5.59. The van der Waals surface area contributed by atoms with E-state index >= 15 is 0 Å². The predicted octanol–water partition coefficient (Wildman–Crippen LogP) is -1.04. The number of fused-ring (bicyclic) bond motifs is 1. The van der Waals surface area contributed by atoms with Crippen molar-refractivity contribution in [3.8, 4) is 11.8 Å². The minimum atomic E-state index is -0.385. The van der Waals surface area contributed by atoms with Gasteiger partial charge < -0.3 is 10.8 Å². The minimum Gasteiger partial charge on any atom is -0.395 e. The molecule has 0 unspecified atom stereocenters. The van der Waals surface area contributed by atoms with Crippen LogP contribution in [-0.4, -0.2) is 31.9 Å². The van der Waals surface area contributed by atoms with Crippen LogP contribution in [0.1, 0.15) is 12.1 Å². The highest BCUT2D eigenvalue weighted by Crippen LogP contribution is 2.07. The average Bonchev–Trinajstić information content (AvgIpc) is 2.62. The Morgan fingerprint density at radius 1 is 1.50 bits per heavy atom. The summed E-state index contributed by atoms with van der Waals surface area (Å²) in [5, 5.41) is 15.3. The van der Waals surface area contributed by atoms with Crippen LogP contribution in [0.4, 0.5) is 5.95 Å². The van der Waals surface area contributed by atoms with Crippen molar-refractivity contribution in [3.05, 3.63) is 16.0 Å². The van der Waals surface area contributed by atoms with Crippen molar-refractivity contribution in [2.75, 3.05) is 12.3 Å². The van der Waals surface area contributed by atoms with Gasteiger partial charge in [-0.15, -0.1) is 0 Å². The van der Waals surface area contributed by atoms with Crippen LogP contribution in [0.15, 0.2) is 4.79 Å². The van der Waals surface area contributed by atoms with Crippen LogP contribution in [-0.2, 0) is 0 Å². The zero-order valence-corrected chi connectivity index (χ0v) is 8.24. The highest BCUT2D eigenvalue weighted by molar-refractivity contribution is 5.80. The maximum atomic E-state index is 11.6. The molecule has 0 atom stereocenters. The summed E-state index contributed by atoms with van der Waals surface area (Å²) in [5.74, 6) is 5.38. The summed E-state index contributed by atoms with van der Waals surface area (Å²) in [6, 6.07) is 0. The molecule has 0 saturated carbocycles. The van der Waals surface area contributed by atoms with E-state index in [9.17, 15) is 4.79 Å². The predicted molar refractivity (Wildman–Crippen MR) is 57.5 cm³/mol. The number of aromatic nitrogens is 4. The van der Waals surface area contributed by atoms with E-state index in [1.165, 1.54) is 0 Å². The fourth-order valence-electron chi connectivity index (χ4n) is 1.25. The van der Waals surface area contributed by atoms with E-state index in [4.69, 9.17) is 10.8 Å². The van der Waals surface area contributed by atoms with Crippen molar-refractivity contribution in [2.24, 2.45) is 0 Å². The maximum absolute atomic E-state index is 11.6. The van der Waals surface area contributed by atoms with E-state index in [-0.39, 0.29) is 23.5 Å². The molecule has 16 heavy (non-hydrogen) atoms. The van der Waals surface area contributed by atoms with Gasteiger partial charge in [0.25, 0.3) is 5.56 Å². The molecule has 2 aromatic rings. The Hall–Kier alpha value is -2.33. The van der Waals surface area contributed by atoms with Gasteiger partial charge in [0.1, 0.15) is 11.1 Å². The van der Waals surface area contributed by atoms with Gasteiger partial charge in [0, 0.05) is 6.42 Å². The first kappa shape index (κ1) is 10.2. The summed E-state index contributed by atoms with van der Waals surface area (Å²) in [6.07, 6.45) is 0.328. The Balaban J connectivity index is 2.58. The molecule has 2 rings (SSSR count). The average molecular weight is 219 g/mol. The van der Waals surface area contributed by atoms with E-state index in [1.807, 2.05) is 0 Å². The molecular weight excluding hydrogens is 210 g/mol. The molecular formula is C9H9N5O2. The Morgan fingerprint density at radius 2 is 2.31 bits per heavy atom. The summed E-state index contributed by atoms with van der Waals surface area (Å²) in [6.45, 7) is -0.0308. The molecule has 0 aliphatic heterocycles. The lowest BCUT2D eigenvalue weighted by Gasteiger charge is -1.90. The van der Waals surface area contributed by atoms with E-state index < -0.39 is 0 Å². The zero-order chi connectivity index (χ0) is 11.5. The van der Waals surface area contributed by atoms with Crippen molar-refractivity contribution in [3.63, 3.8) is 0 Å². The lowest BCUT2D eigenvalue weighted by atomic mass is 10.3. The monoisotopic (exact) mass is 219 g/mol. The summed E-state index contributed by atoms with van der Waals surface area (Å²) < 4.78 is 0. The van der Waals surface area contributed by atoms with Crippen molar-refractivity contribution < 1.29 is 5.11 Å². The number of aliphatic hydroxyl groups is 1. The van der Waals surface area contributed by atoms with Gasteiger partial charge in [0.15, 0.2) is 5.65 Å². The molecule has 0 bridgehead atoms. The normalized spacial score (nSPS) is 10.1. The topological polar surface area (TPSA) is 121 Å². The number of aliphatic hydroxyl groups excluding tert-OH is 1. The number of rotatable bonds is 1. The SMILES string of the molecule is Nc1nc2[nH]nc(C#CCCO)c2c(=O)[nH]1. The number of aromatic amines is 2. The second-order valence-corrected chi connectivity index (χ2v) is 3.02. The molecule has 0 spiro atoms. The third kappa shape index (κ3) is 1.74. The highest BCUT2D eigenvalue weighted by atomic mass is 16.2. The minimum absolute atomic E-state index is 0.0241. The van der Waals surface area contributed by atoms with Crippen molar-refractivity contribution >= 4 is 17.0 Å². The molecule has 5 N–H and O–H groups in total. The van der Waals surface area contributed by atoms with Crippen LogP contribution >= 0.6 is 0 Å².